The van der Waals surface area contributed by atoms with Crippen molar-refractivity contribution >= 4 is 26.2 Å². The van der Waals surface area contributed by atoms with Crippen LogP contribution in [0.2, 0.25) is 0 Å². The predicted octanol–water partition coefficient (Wildman–Crippen LogP) is -0.102. The van der Waals surface area contributed by atoms with E-state index in [0.29, 0.717) is 0 Å². The van der Waals surface area contributed by atoms with Gasteiger partial charge in [-0.05, 0) is 12.1 Å². The van der Waals surface area contributed by atoms with Gasteiger partial charge in [0.1, 0.15) is 0 Å². The number of hydrogen-bond donors (Lipinski definition) is 0. The summed E-state index contributed by atoms with van der Waals surface area (Å²) in [5.74, 6) is 0. The van der Waals surface area contributed by atoms with Gasteiger partial charge in [-0.3, -0.25) is 4.98 Å². The molecule has 0 radical (unpaired) electrons. The van der Waals surface area contributed by atoms with Crippen LogP contribution in [0.5, 0.6) is 0 Å². The fraction of sp³-hybridized carbons (Fsp3) is 0. The summed E-state index contributed by atoms with van der Waals surface area (Å²) in [6.07, 6.45) is 3.50. The summed E-state index contributed by atoms with van der Waals surface area (Å²) in [6.45, 7) is 0. The largest absolute Gasteiger partial charge is 0.265 e. The smallest absolute Gasteiger partial charge is 0.0267 e. The number of nitrogens with zero attached hydrogens (tertiary/aromatic N) is 1. The molecule has 0 aromatic carbocycles. The average Bonchev–Trinajstić information content (AvgIpc) is 1.72. The molecule has 0 saturated carbocycles. The van der Waals surface area contributed by atoms with Crippen LogP contribution in [-0.2, 0) is 0 Å². The number of pyridine rings is 1. The molecule has 1 heterocycles. The Balaban J connectivity index is 0.000000360. The van der Waals surface area contributed by atoms with E-state index < -0.39 is 0 Å². The first-order chi connectivity index (χ1) is 3.00. The maximum atomic E-state index is 3.78. The standard InChI is InChI=1S/C5H5N.Bi.3H/c1-2-4-6-5-3-1;;;;/h1-5H;;;;. The van der Waals surface area contributed by atoms with Gasteiger partial charge in [0.25, 0.3) is 0 Å². The molecule has 0 fully saturated rings. The van der Waals surface area contributed by atoms with Crippen LogP contribution in [0.4, 0.5) is 0 Å². The second-order valence-corrected chi connectivity index (χ2v) is 1.02. The normalized spacial score (nSPS) is 6.86. The monoisotopic (exact) mass is 291 g/mol. The summed E-state index contributed by atoms with van der Waals surface area (Å²) in [6, 6.07) is 5.72. The minimum Gasteiger partial charge on any atom is -0.265 e. The first kappa shape index (κ1) is 7.03. The van der Waals surface area contributed by atoms with Gasteiger partial charge in [0, 0.05) is 12.4 Å². The van der Waals surface area contributed by atoms with E-state index in [2.05, 4.69) is 4.98 Å². The van der Waals surface area contributed by atoms with Crippen molar-refractivity contribution in [2.45, 2.75) is 0 Å². The quantitative estimate of drug-likeness (QED) is 0.608. The van der Waals surface area contributed by atoms with E-state index >= 15 is 0 Å². The van der Waals surface area contributed by atoms with E-state index in [1.54, 1.807) is 12.4 Å². The van der Waals surface area contributed by atoms with E-state index in [0.717, 1.165) is 0 Å². The van der Waals surface area contributed by atoms with Crippen molar-refractivity contribution in [1.29, 1.82) is 0 Å². The van der Waals surface area contributed by atoms with Crippen LogP contribution in [0.1, 0.15) is 0 Å². The summed E-state index contributed by atoms with van der Waals surface area (Å²) in [5, 5.41) is 0. The van der Waals surface area contributed by atoms with Crippen LogP contribution in [0.25, 0.3) is 0 Å². The van der Waals surface area contributed by atoms with Crippen molar-refractivity contribution in [3.8, 4) is 0 Å². The Morgan fingerprint density at radius 3 is 1.57 bits per heavy atom. The summed E-state index contributed by atoms with van der Waals surface area (Å²) >= 11 is 0. The average molecular weight is 291 g/mol. The Morgan fingerprint density at radius 2 is 1.43 bits per heavy atom. The molecule has 1 nitrogen and oxygen atoms in total. The van der Waals surface area contributed by atoms with Gasteiger partial charge in [0.2, 0.25) is 0 Å². The zero-order chi connectivity index (χ0) is 4.24. The number of aromatic nitrogens is 1. The molecular weight excluding hydrogens is 283 g/mol. The zero-order valence-corrected chi connectivity index (χ0v) is 9.54. The Hall–Kier alpha value is 0.0331. The topological polar surface area (TPSA) is 12.9 Å². The van der Waals surface area contributed by atoms with Gasteiger partial charge in [-0.2, -0.15) is 0 Å². The van der Waals surface area contributed by atoms with Gasteiger partial charge >= 0.3 is 26.2 Å². The van der Waals surface area contributed by atoms with Gasteiger partial charge in [-0.25, -0.2) is 0 Å². The van der Waals surface area contributed by atoms with Crippen molar-refractivity contribution in [3.05, 3.63) is 30.6 Å². The van der Waals surface area contributed by atoms with Gasteiger partial charge in [-0.1, -0.05) is 6.07 Å². The summed E-state index contributed by atoms with van der Waals surface area (Å²) in [5.41, 5.74) is 0. The molecule has 0 bridgehead atoms. The Bertz CT molecular complexity index is 80.0. The molecule has 0 N–H and O–H groups in total. The third kappa shape index (κ3) is 2.70. The van der Waals surface area contributed by atoms with Gasteiger partial charge < -0.3 is 0 Å². The summed E-state index contributed by atoms with van der Waals surface area (Å²) < 4.78 is 0. The van der Waals surface area contributed by atoms with Crippen LogP contribution in [0.3, 0.4) is 0 Å². The van der Waals surface area contributed by atoms with Gasteiger partial charge in [0.05, 0.1) is 0 Å². The molecule has 1 aromatic rings. The molecule has 0 aliphatic heterocycles. The predicted molar refractivity (Wildman–Crippen MR) is 34.2 cm³/mol. The van der Waals surface area contributed by atoms with E-state index in [1.807, 2.05) is 18.2 Å². The van der Waals surface area contributed by atoms with Gasteiger partial charge in [0.15, 0.2) is 0 Å². The number of rotatable bonds is 0. The molecule has 2 heteroatoms. The first-order valence-corrected chi connectivity index (χ1v) is 1.85. The third-order valence-corrected chi connectivity index (χ3v) is 0.566. The molecule has 0 amide bonds. The minimum atomic E-state index is 0. The molecule has 0 aliphatic carbocycles. The van der Waals surface area contributed by atoms with Crippen molar-refractivity contribution in [2.75, 3.05) is 0 Å². The van der Waals surface area contributed by atoms with Crippen molar-refractivity contribution < 1.29 is 0 Å². The molecule has 7 heavy (non-hydrogen) atoms. The molecule has 1 aromatic heterocycles. The molecule has 38 valence electrons. The first-order valence-electron chi connectivity index (χ1n) is 1.85. The van der Waals surface area contributed by atoms with Crippen LogP contribution in [0, 0.1) is 0 Å². The molecule has 0 saturated heterocycles. The SMILES string of the molecule is [BiH3].c1ccncc1. The number of hydrogen-bond acceptors (Lipinski definition) is 1. The second-order valence-electron chi connectivity index (χ2n) is 1.02. The Morgan fingerprint density at radius 1 is 0.857 bits per heavy atom. The fourth-order valence-electron chi connectivity index (χ4n) is 0.313. The molecular formula is C5H8BiN. The van der Waals surface area contributed by atoms with Gasteiger partial charge in [-0.15, -0.1) is 0 Å². The molecule has 0 spiro atoms. The summed E-state index contributed by atoms with van der Waals surface area (Å²) in [7, 11) is 0. The molecule has 0 unspecified atom stereocenters. The van der Waals surface area contributed by atoms with Crippen LogP contribution in [-0.4, -0.2) is 31.2 Å². The van der Waals surface area contributed by atoms with Crippen LogP contribution in [0.15, 0.2) is 30.6 Å². The molecule has 1 rings (SSSR count). The molecule has 0 aliphatic rings. The van der Waals surface area contributed by atoms with E-state index in [-0.39, 0.29) is 26.2 Å². The fourth-order valence-corrected chi connectivity index (χ4v) is 0.313. The van der Waals surface area contributed by atoms with E-state index in [1.165, 1.54) is 0 Å². The van der Waals surface area contributed by atoms with Crippen LogP contribution < -0.4 is 0 Å². The van der Waals surface area contributed by atoms with E-state index in [9.17, 15) is 0 Å². The summed E-state index contributed by atoms with van der Waals surface area (Å²) in [4.78, 5) is 3.78. The van der Waals surface area contributed by atoms with Crippen molar-refractivity contribution in [3.63, 3.8) is 0 Å². The maximum absolute atomic E-state index is 3.78. The zero-order valence-electron chi connectivity index (χ0n) is 4.04. The third-order valence-electron chi connectivity index (χ3n) is 0.566. The Labute approximate surface area is 61.9 Å². The maximum Gasteiger partial charge on any atom is 0.0267 e. The second kappa shape index (κ2) is 4.20. The minimum absolute atomic E-state index is 0. The van der Waals surface area contributed by atoms with Crippen molar-refractivity contribution in [2.24, 2.45) is 0 Å². The Kier molecular flexibility index (Phi) is 4.22. The molecule has 0 atom stereocenters. The van der Waals surface area contributed by atoms with Crippen LogP contribution >= 0.6 is 0 Å². The van der Waals surface area contributed by atoms with Crippen molar-refractivity contribution in [1.82, 2.24) is 4.98 Å². The van der Waals surface area contributed by atoms with E-state index in [4.69, 9.17) is 0 Å².